The number of allylic oxidation sites excluding steroid dienone is 2. The number of carbonyl (C=O) groups excluding carboxylic acids is 2. The topological polar surface area (TPSA) is 43.4 Å². The molecule has 3 nitrogen and oxygen atoms in total. The molecule has 0 fully saturated rings. The lowest BCUT2D eigenvalue weighted by atomic mass is 9.69. The molecule has 0 amide bonds. The van der Waals surface area contributed by atoms with Gasteiger partial charge in [-0.1, -0.05) is 53.5 Å². The molecule has 0 saturated heterocycles. The minimum absolute atomic E-state index is 0.109. The third kappa shape index (κ3) is 3.19. The second-order valence-electron chi connectivity index (χ2n) is 7.27. The molecule has 0 heterocycles. The van der Waals surface area contributed by atoms with Crippen molar-refractivity contribution in [3.63, 3.8) is 0 Å². The highest BCUT2D eigenvalue weighted by Gasteiger charge is 2.46. The van der Waals surface area contributed by atoms with Crippen LogP contribution >= 0.6 is 23.2 Å². The Morgan fingerprint density at radius 3 is 2.63 bits per heavy atom. The van der Waals surface area contributed by atoms with Crippen LogP contribution in [0.1, 0.15) is 36.5 Å². The molecule has 2 aromatic carbocycles. The Bertz CT molecular complexity index is 979. The summed E-state index contributed by atoms with van der Waals surface area (Å²) < 4.78 is 5.24. The summed E-state index contributed by atoms with van der Waals surface area (Å²) in [7, 11) is 0. The van der Waals surface area contributed by atoms with Crippen molar-refractivity contribution in [1.29, 1.82) is 0 Å². The van der Waals surface area contributed by atoms with Gasteiger partial charge in [-0.3, -0.25) is 9.59 Å². The van der Waals surface area contributed by atoms with Crippen LogP contribution in [0.15, 0.2) is 42.5 Å². The van der Waals surface area contributed by atoms with E-state index in [1.54, 1.807) is 12.1 Å². The Morgan fingerprint density at radius 1 is 1.19 bits per heavy atom. The maximum absolute atomic E-state index is 12.2. The smallest absolute Gasteiger partial charge is 0.308 e. The van der Waals surface area contributed by atoms with Gasteiger partial charge in [0, 0.05) is 24.3 Å². The molecule has 138 valence electrons. The third-order valence-corrected chi connectivity index (χ3v) is 6.27. The SMILES string of the molecule is CC(=O)Oc1cc2c(c(Cl)c1Cl)C1=CC(=O)CCC1(Cc1ccccc1)C2. The Morgan fingerprint density at radius 2 is 1.93 bits per heavy atom. The highest BCUT2D eigenvalue weighted by Crippen LogP contribution is 2.57. The van der Waals surface area contributed by atoms with Crippen molar-refractivity contribution >= 4 is 40.5 Å². The first kappa shape index (κ1) is 18.3. The number of hydrogen-bond donors (Lipinski definition) is 0. The van der Waals surface area contributed by atoms with Crippen LogP contribution in [-0.4, -0.2) is 11.8 Å². The quantitative estimate of drug-likeness (QED) is 0.508. The predicted octanol–water partition coefficient (Wildman–Crippen LogP) is 5.45. The average molecular weight is 401 g/mol. The van der Waals surface area contributed by atoms with Crippen molar-refractivity contribution < 1.29 is 14.3 Å². The maximum atomic E-state index is 12.2. The van der Waals surface area contributed by atoms with Crippen LogP contribution in [-0.2, 0) is 22.4 Å². The second-order valence-corrected chi connectivity index (χ2v) is 8.03. The van der Waals surface area contributed by atoms with Crippen molar-refractivity contribution in [1.82, 2.24) is 0 Å². The first-order valence-corrected chi connectivity index (χ1v) is 9.64. The van der Waals surface area contributed by atoms with Crippen LogP contribution in [0.4, 0.5) is 0 Å². The number of halogens is 2. The molecule has 4 rings (SSSR count). The number of carbonyl (C=O) groups is 2. The molecular weight excluding hydrogens is 383 g/mol. The summed E-state index contributed by atoms with van der Waals surface area (Å²) in [6, 6.07) is 12.0. The van der Waals surface area contributed by atoms with Gasteiger partial charge in [-0.25, -0.2) is 0 Å². The summed E-state index contributed by atoms with van der Waals surface area (Å²) in [5.41, 5.74) is 3.77. The molecule has 0 saturated carbocycles. The molecule has 1 unspecified atom stereocenters. The highest BCUT2D eigenvalue weighted by atomic mass is 35.5. The summed E-state index contributed by atoms with van der Waals surface area (Å²) in [4.78, 5) is 23.6. The van der Waals surface area contributed by atoms with Gasteiger partial charge in [0.05, 0.1) is 5.02 Å². The van der Waals surface area contributed by atoms with E-state index >= 15 is 0 Å². The Kier molecular flexibility index (Phi) is 4.61. The van der Waals surface area contributed by atoms with Crippen molar-refractivity contribution in [2.24, 2.45) is 5.41 Å². The normalized spacial score (nSPS) is 20.7. The molecule has 0 aromatic heterocycles. The van der Waals surface area contributed by atoms with Crippen LogP contribution in [0.5, 0.6) is 5.75 Å². The number of hydrogen-bond acceptors (Lipinski definition) is 3. The lowest BCUT2D eigenvalue weighted by Gasteiger charge is -2.34. The molecule has 0 radical (unpaired) electrons. The number of esters is 1. The monoisotopic (exact) mass is 400 g/mol. The molecule has 2 aliphatic carbocycles. The molecule has 5 heteroatoms. The van der Waals surface area contributed by atoms with Gasteiger partial charge in [0.25, 0.3) is 0 Å². The van der Waals surface area contributed by atoms with Crippen molar-refractivity contribution in [3.05, 3.63) is 69.2 Å². The summed E-state index contributed by atoms with van der Waals surface area (Å²) in [5.74, 6) is -0.0668. The van der Waals surface area contributed by atoms with Gasteiger partial charge in [0.1, 0.15) is 5.02 Å². The second kappa shape index (κ2) is 6.81. The van der Waals surface area contributed by atoms with Gasteiger partial charge in [0.15, 0.2) is 11.5 Å². The van der Waals surface area contributed by atoms with Gasteiger partial charge in [-0.05, 0) is 48.1 Å². The minimum Gasteiger partial charge on any atom is -0.425 e. The van der Waals surface area contributed by atoms with Gasteiger partial charge in [-0.2, -0.15) is 0 Å². The number of ketones is 1. The number of ether oxygens (including phenoxy) is 1. The Balaban J connectivity index is 1.84. The van der Waals surface area contributed by atoms with E-state index < -0.39 is 5.97 Å². The largest absolute Gasteiger partial charge is 0.425 e. The molecule has 27 heavy (non-hydrogen) atoms. The van der Waals surface area contributed by atoms with E-state index in [-0.39, 0.29) is 22.0 Å². The number of benzene rings is 2. The lowest BCUT2D eigenvalue weighted by Crippen LogP contribution is -2.28. The standard InChI is InChI=1S/C22H18Cl2O3/c1-13(25)27-18-9-15-12-22(11-14-5-3-2-4-6-14)8-7-16(26)10-17(22)19(15)21(24)20(18)23/h2-6,9-10H,7-8,11-12H2,1H3. The van der Waals surface area contributed by atoms with Crippen LogP contribution in [0.25, 0.3) is 5.57 Å². The zero-order valence-corrected chi connectivity index (χ0v) is 16.4. The molecule has 2 aromatic rings. The van der Waals surface area contributed by atoms with E-state index in [2.05, 4.69) is 12.1 Å². The van der Waals surface area contributed by atoms with Crippen LogP contribution in [0.2, 0.25) is 10.0 Å². The van der Waals surface area contributed by atoms with Crippen LogP contribution in [0.3, 0.4) is 0 Å². The zero-order chi connectivity index (χ0) is 19.2. The summed E-state index contributed by atoms with van der Waals surface area (Å²) in [6.45, 7) is 1.33. The fraction of sp³-hybridized carbons (Fsp3) is 0.273. The Hall–Kier alpha value is -2.10. The fourth-order valence-electron chi connectivity index (χ4n) is 4.31. The predicted molar refractivity (Wildman–Crippen MR) is 106 cm³/mol. The first-order valence-electron chi connectivity index (χ1n) is 8.88. The zero-order valence-electron chi connectivity index (χ0n) is 14.9. The van der Waals surface area contributed by atoms with E-state index in [1.807, 2.05) is 18.2 Å². The van der Waals surface area contributed by atoms with Gasteiger partial charge < -0.3 is 4.74 Å². The van der Waals surface area contributed by atoms with Crippen LogP contribution in [0, 0.1) is 5.41 Å². The van der Waals surface area contributed by atoms with E-state index in [4.69, 9.17) is 27.9 Å². The molecular formula is C22H18Cl2O3. The lowest BCUT2D eigenvalue weighted by molar-refractivity contribution is -0.131. The molecule has 0 N–H and O–H groups in total. The minimum atomic E-state index is -0.447. The van der Waals surface area contributed by atoms with E-state index in [1.165, 1.54) is 12.5 Å². The number of rotatable bonds is 3. The van der Waals surface area contributed by atoms with Crippen molar-refractivity contribution in [2.75, 3.05) is 0 Å². The third-order valence-electron chi connectivity index (χ3n) is 5.42. The highest BCUT2D eigenvalue weighted by molar-refractivity contribution is 6.44. The summed E-state index contributed by atoms with van der Waals surface area (Å²) >= 11 is 13.0. The van der Waals surface area contributed by atoms with E-state index in [0.29, 0.717) is 11.4 Å². The average Bonchev–Trinajstić information content (AvgIpc) is 2.93. The first-order chi connectivity index (χ1) is 12.9. The van der Waals surface area contributed by atoms with Crippen LogP contribution < -0.4 is 4.74 Å². The molecule has 1 atom stereocenters. The molecule has 0 spiro atoms. The summed E-state index contributed by atoms with van der Waals surface area (Å²) in [5, 5.41) is 0.557. The van der Waals surface area contributed by atoms with Gasteiger partial charge >= 0.3 is 5.97 Å². The molecule has 0 aliphatic heterocycles. The van der Waals surface area contributed by atoms with E-state index in [0.717, 1.165) is 36.0 Å². The van der Waals surface area contributed by atoms with E-state index in [9.17, 15) is 9.59 Å². The van der Waals surface area contributed by atoms with Crippen molar-refractivity contribution in [2.45, 2.75) is 32.6 Å². The van der Waals surface area contributed by atoms with Gasteiger partial charge in [-0.15, -0.1) is 0 Å². The van der Waals surface area contributed by atoms with Crippen molar-refractivity contribution in [3.8, 4) is 5.75 Å². The van der Waals surface area contributed by atoms with Gasteiger partial charge in [0.2, 0.25) is 0 Å². The fourth-order valence-corrected chi connectivity index (χ4v) is 4.82. The molecule has 0 bridgehead atoms. The maximum Gasteiger partial charge on any atom is 0.308 e. The Labute approximate surface area is 167 Å². The molecule has 2 aliphatic rings. The summed E-state index contributed by atoms with van der Waals surface area (Å²) in [6.07, 6.45) is 4.57. The number of fused-ring (bicyclic) bond motifs is 3.